The van der Waals surface area contributed by atoms with Crippen molar-refractivity contribution in [3.8, 4) is 0 Å². The average Bonchev–Trinajstić information content (AvgIpc) is 1.63. The van der Waals surface area contributed by atoms with Gasteiger partial charge in [-0.15, -0.1) is 0 Å². The second kappa shape index (κ2) is 6.04. The van der Waals surface area contributed by atoms with Gasteiger partial charge in [-0.05, 0) is 6.92 Å². The van der Waals surface area contributed by atoms with Crippen LogP contribution in [0.2, 0.25) is 0 Å². The third-order valence-corrected chi connectivity index (χ3v) is 1.76. The molecule has 0 radical (unpaired) electrons. The first-order chi connectivity index (χ1) is 3.98. The zero-order valence-corrected chi connectivity index (χ0v) is 5.63. The van der Waals surface area contributed by atoms with Crippen molar-refractivity contribution in [2.45, 2.75) is 13.4 Å². The van der Waals surface area contributed by atoms with Crippen LogP contribution >= 0.6 is 0 Å². The first-order valence-corrected chi connectivity index (χ1v) is 3.83. The minimum atomic E-state index is -3.72. The van der Waals surface area contributed by atoms with Gasteiger partial charge in [-0.1, -0.05) is 0 Å². The normalized spacial score (nSPS) is 11.2. The van der Waals surface area contributed by atoms with Gasteiger partial charge in [0.15, 0.2) is 0 Å². The van der Waals surface area contributed by atoms with E-state index in [1.54, 1.807) is 0 Å². The summed E-state index contributed by atoms with van der Waals surface area (Å²) in [5, 5.41) is 15.9. The molecule has 0 heterocycles. The molecule has 2 N–H and O–H groups in total. The Bertz CT molecular complexity index is 162. The Morgan fingerprint density at radius 3 is 2.00 bits per heavy atom. The molecule has 5 nitrogen and oxygen atoms in total. The van der Waals surface area contributed by atoms with Crippen LogP contribution in [-0.4, -0.2) is 82.2 Å². The van der Waals surface area contributed by atoms with Crippen LogP contribution in [0.5, 0.6) is 0 Å². The molecule has 0 atom stereocenters. The van der Waals surface area contributed by atoms with Crippen molar-refractivity contribution in [2.24, 2.45) is 0 Å². The summed E-state index contributed by atoms with van der Waals surface area (Å²) in [7, 11) is -3.72. The maximum atomic E-state index is 10.3. The van der Waals surface area contributed by atoms with Crippen LogP contribution in [0.4, 0.5) is 0 Å². The Labute approximate surface area is 102 Å². The summed E-state index contributed by atoms with van der Waals surface area (Å²) in [6.45, 7) is -0.910. The Morgan fingerprint density at radius 2 is 1.90 bits per heavy atom. The van der Waals surface area contributed by atoms with Crippen LogP contribution < -0.4 is 0 Å². The Hall–Kier alpha value is 1.47. The Morgan fingerprint density at radius 1 is 1.50 bits per heavy atom. The van der Waals surface area contributed by atoms with Crippen molar-refractivity contribution < 1.29 is 22.8 Å². The van der Waals surface area contributed by atoms with Crippen LogP contribution in [0, 0.1) is 0 Å². The molecule has 0 saturated carbocycles. The molecule has 0 aromatic carbocycles. The molecule has 0 aliphatic carbocycles. The molecular weight excluding hydrogens is 187 g/mol. The third kappa shape index (κ3) is 7.57. The molecule has 0 saturated heterocycles. The van der Waals surface area contributed by atoms with E-state index >= 15 is 0 Å². The number of rotatable bonds is 3. The van der Waals surface area contributed by atoms with E-state index in [9.17, 15) is 8.42 Å². The van der Waals surface area contributed by atoms with Crippen molar-refractivity contribution in [3.05, 3.63) is 0 Å². The molecule has 58 valence electrons. The van der Waals surface area contributed by atoms with E-state index in [1.807, 2.05) is 0 Å². The van der Waals surface area contributed by atoms with Gasteiger partial charge in [-0.2, -0.15) is 8.42 Å². The van der Waals surface area contributed by atoms with E-state index < -0.39 is 16.6 Å². The fraction of sp³-hybridized carbons (Fsp3) is 1.00. The molecule has 0 bridgehead atoms. The van der Waals surface area contributed by atoms with E-state index in [0.717, 1.165) is 0 Å². The van der Waals surface area contributed by atoms with Gasteiger partial charge in [-0.3, -0.25) is 0 Å². The molecule has 0 spiro atoms. The Balaban J connectivity index is 0. The second-order valence-electron chi connectivity index (χ2n) is 1.27. The van der Waals surface area contributed by atoms with Gasteiger partial charge < -0.3 is 10.2 Å². The van der Waals surface area contributed by atoms with Gasteiger partial charge in [0.05, 0.1) is 5.75 Å². The SMILES string of the molecule is CCS(=O)(=O)OC(O)O.[KH]. The minimum absolute atomic E-state index is 0. The molecule has 0 aliphatic heterocycles. The molecule has 0 aromatic rings. The van der Waals surface area contributed by atoms with Crippen molar-refractivity contribution in [2.75, 3.05) is 5.75 Å². The van der Waals surface area contributed by atoms with Gasteiger partial charge in [0.2, 0.25) is 0 Å². The zero-order chi connectivity index (χ0) is 7.49. The van der Waals surface area contributed by atoms with Gasteiger partial charge in [0.25, 0.3) is 16.6 Å². The molecule has 0 rings (SSSR count). The molecule has 0 aromatic heterocycles. The van der Waals surface area contributed by atoms with E-state index in [-0.39, 0.29) is 57.1 Å². The van der Waals surface area contributed by atoms with E-state index in [4.69, 9.17) is 10.2 Å². The molecule has 7 heteroatoms. The molecular formula is C3H9KO5S. The molecule has 0 aliphatic rings. The summed E-state index contributed by atoms with van der Waals surface area (Å²) >= 11 is 0. The van der Waals surface area contributed by atoms with Crippen molar-refractivity contribution in [1.82, 2.24) is 0 Å². The molecule has 0 unspecified atom stereocenters. The van der Waals surface area contributed by atoms with Gasteiger partial charge in [0.1, 0.15) is 0 Å². The standard InChI is InChI=1S/C3H8O5S.K.H/c1-2-9(6,7)8-3(4)5;;/h3-5H,2H2,1H3;;. The maximum absolute atomic E-state index is 10.3. The van der Waals surface area contributed by atoms with Crippen LogP contribution in [0.25, 0.3) is 0 Å². The van der Waals surface area contributed by atoms with Crippen LogP contribution in [-0.2, 0) is 14.3 Å². The predicted molar refractivity (Wildman–Crippen MR) is 35.9 cm³/mol. The quantitative estimate of drug-likeness (QED) is 0.309. The van der Waals surface area contributed by atoms with Crippen LogP contribution in [0.15, 0.2) is 0 Å². The average molecular weight is 196 g/mol. The van der Waals surface area contributed by atoms with Crippen molar-refractivity contribution >= 4 is 61.5 Å². The fourth-order valence-corrected chi connectivity index (χ4v) is 0.598. The summed E-state index contributed by atoms with van der Waals surface area (Å²) in [6, 6.07) is 0. The topological polar surface area (TPSA) is 83.8 Å². The summed E-state index contributed by atoms with van der Waals surface area (Å²) in [6.07, 6.45) is 0. The summed E-state index contributed by atoms with van der Waals surface area (Å²) in [5.74, 6) is -0.273. The number of aliphatic hydroxyl groups excluding tert-OH is 1. The third-order valence-electron chi connectivity index (χ3n) is 0.586. The van der Waals surface area contributed by atoms with Gasteiger partial charge in [0, 0.05) is 0 Å². The van der Waals surface area contributed by atoms with Crippen molar-refractivity contribution in [3.63, 3.8) is 0 Å². The van der Waals surface area contributed by atoms with Crippen molar-refractivity contribution in [1.29, 1.82) is 0 Å². The van der Waals surface area contributed by atoms with Gasteiger partial charge >= 0.3 is 51.4 Å². The fourth-order valence-electron chi connectivity index (χ4n) is 0.199. The van der Waals surface area contributed by atoms with E-state index in [1.165, 1.54) is 6.92 Å². The molecule has 0 fully saturated rings. The Kier molecular flexibility index (Phi) is 8.46. The molecule has 10 heavy (non-hydrogen) atoms. The predicted octanol–water partition coefficient (Wildman–Crippen LogP) is -2.03. The first kappa shape index (κ1) is 14.0. The van der Waals surface area contributed by atoms with Crippen LogP contribution in [0.3, 0.4) is 0 Å². The van der Waals surface area contributed by atoms with E-state index in [0.29, 0.717) is 0 Å². The number of hydrogen-bond donors (Lipinski definition) is 2. The first-order valence-electron chi connectivity index (χ1n) is 2.25. The molecule has 0 amide bonds. The number of hydrogen-bond acceptors (Lipinski definition) is 5. The zero-order valence-electron chi connectivity index (χ0n) is 4.81. The summed E-state index contributed by atoms with van der Waals surface area (Å²) in [4.78, 5) is 0. The summed E-state index contributed by atoms with van der Waals surface area (Å²) < 4.78 is 24.2. The van der Waals surface area contributed by atoms with Crippen LogP contribution in [0.1, 0.15) is 6.92 Å². The number of aliphatic hydroxyl groups is 2. The van der Waals surface area contributed by atoms with E-state index in [2.05, 4.69) is 4.18 Å². The monoisotopic (exact) mass is 196 g/mol. The van der Waals surface area contributed by atoms with Gasteiger partial charge in [-0.25, -0.2) is 4.18 Å². The summed E-state index contributed by atoms with van der Waals surface area (Å²) in [5.41, 5.74) is 0. The second-order valence-corrected chi connectivity index (χ2v) is 3.15.